The van der Waals surface area contributed by atoms with Crippen LogP contribution in [0.1, 0.15) is 13.3 Å². The van der Waals surface area contributed by atoms with E-state index in [4.69, 9.17) is 0 Å². The van der Waals surface area contributed by atoms with Gasteiger partial charge in [0.15, 0.2) is 5.03 Å². The molecule has 1 aliphatic heterocycles. The molecule has 1 aliphatic rings. The minimum absolute atomic E-state index is 0. The minimum Gasteiger partial charge on any atom is -0.336 e. The Kier molecular flexibility index (Phi) is 5.15. The van der Waals surface area contributed by atoms with Gasteiger partial charge in [0.25, 0.3) is 10.0 Å². The maximum atomic E-state index is 12.2. The number of aryl methyl sites for hydroxylation is 1. The number of sulfonamides is 1. The van der Waals surface area contributed by atoms with Gasteiger partial charge in [-0.3, -0.25) is 0 Å². The number of rotatable bonds is 4. The Morgan fingerprint density at radius 2 is 2.28 bits per heavy atom. The van der Waals surface area contributed by atoms with E-state index in [-0.39, 0.29) is 23.5 Å². The maximum absolute atomic E-state index is 12.2. The summed E-state index contributed by atoms with van der Waals surface area (Å²) in [5.74, 6) is 0. The number of nitrogens with one attached hydrogen (secondary N) is 1. The van der Waals surface area contributed by atoms with Crippen LogP contribution in [0.25, 0.3) is 0 Å². The molecule has 6 nitrogen and oxygen atoms in total. The van der Waals surface area contributed by atoms with Gasteiger partial charge in [0, 0.05) is 31.9 Å². The van der Waals surface area contributed by atoms with Crippen molar-refractivity contribution in [1.29, 1.82) is 0 Å². The molecule has 8 heteroatoms. The molecule has 2 heterocycles. The van der Waals surface area contributed by atoms with Crippen LogP contribution < -0.4 is 5.32 Å². The van der Waals surface area contributed by atoms with Crippen LogP contribution in [-0.2, 0) is 16.6 Å². The summed E-state index contributed by atoms with van der Waals surface area (Å²) in [6, 6.07) is 0.248. The first-order valence-corrected chi connectivity index (χ1v) is 7.21. The van der Waals surface area contributed by atoms with E-state index in [0.29, 0.717) is 13.1 Å². The zero-order valence-electron chi connectivity index (χ0n) is 10.5. The third-order valence-corrected chi connectivity index (χ3v) is 4.89. The zero-order chi connectivity index (χ0) is 12.5. The molecule has 0 spiro atoms. The van der Waals surface area contributed by atoms with Crippen molar-refractivity contribution in [2.24, 2.45) is 0 Å². The molecule has 1 aromatic rings. The van der Waals surface area contributed by atoms with Gasteiger partial charge in [0.1, 0.15) is 0 Å². The molecule has 0 amide bonds. The summed E-state index contributed by atoms with van der Waals surface area (Å²) in [5.41, 5.74) is 0. The van der Waals surface area contributed by atoms with Gasteiger partial charge in [-0.05, 0) is 20.4 Å². The third-order valence-electron chi connectivity index (χ3n) is 3.14. The van der Waals surface area contributed by atoms with E-state index < -0.39 is 10.0 Å². The number of nitrogens with zero attached hydrogens (tertiary/aromatic N) is 3. The second-order valence-corrected chi connectivity index (χ2v) is 6.06. The molecular weight excluding hydrogens is 276 g/mol. The van der Waals surface area contributed by atoms with Gasteiger partial charge in [0.05, 0.1) is 6.33 Å². The molecule has 0 aromatic carbocycles. The number of hydrogen-bond donors (Lipinski definition) is 1. The van der Waals surface area contributed by atoms with Crippen LogP contribution in [0.15, 0.2) is 17.6 Å². The lowest BCUT2D eigenvalue weighted by molar-refractivity contribution is 0.462. The smallest absolute Gasteiger partial charge is 0.262 e. The van der Waals surface area contributed by atoms with Crippen molar-refractivity contribution >= 4 is 22.4 Å². The standard InChI is InChI=1S/C10H18N4O2S.ClH/c1-3-13-7-10(12-8-13)17(15,16)14-5-4-9(6-14)11-2;/h7-9,11H,3-6H2,1-2H3;1H. The largest absolute Gasteiger partial charge is 0.336 e. The number of aromatic nitrogens is 2. The molecular formula is C10H19ClN4O2S. The topological polar surface area (TPSA) is 67.2 Å². The molecule has 0 saturated carbocycles. The number of hydrogen-bond acceptors (Lipinski definition) is 4. The van der Waals surface area contributed by atoms with Crippen molar-refractivity contribution in [2.75, 3.05) is 20.1 Å². The quantitative estimate of drug-likeness (QED) is 0.868. The lowest BCUT2D eigenvalue weighted by Crippen LogP contribution is -2.33. The summed E-state index contributed by atoms with van der Waals surface area (Å²) in [7, 11) is -1.56. The first-order chi connectivity index (χ1) is 8.07. The van der Waals surface area contributed by atoms with Crippen molar-refractivity contribution < 1.29 is 8.42 Å². The Hall–Kier alpha value is -0.630. The van der Waals surface area contributed by atoms with Gasteiger partial charge in [-0.15, -0.1) is 12.4 Å². The molecule has 2 rings (SSSR count). The van der Waals surface area contributed by atoms with E-state index in [1.807, 2.05) is 14.0 Å². The summed E-state index contributed by atoms with van der Waals surface area (Å²) in [6.45, 7) is 3.76. The Morgan fingerprint density at radius 1 is 1.56 bits per heavy atom. The van der Waals surface area contributed by atoms with Gasteiger partial charge in [-0.1, -0.05) is 0 Å². The summed E-state index contributed by atoms with van der Waals surface area (Å²) in [5, 5.41) is 3.25. The Balaban J connectivity index is 0.00000162. The molecule has 0 bridgehead atoms. The lowest BCUT2D eigenvalue weighted by Gasteiger charge is -2.14. The molecule has 1 atom stereocenters. The van der Waals surface area contributed by atoms with E-state index >= 15 is 0 Å². The Labute approximate surface area is 114 Å². The molecule has 1 saturated heterocycles. The van der Waals surface area contributed by atoms with Gasteiger partial charge in [0.2, 0.25) is 0 Å². The highest BCUT2D eigenvalue weighted by atomic mass is 35.5. The highest BCUT2D eigenvalue weighted by Crippen LogP contribution is 2.19. The molecule has 1 N–H and O–H groups in total. The van der Waals surface area contributed by atoms with Gasteiger partial charge >= 0.3 is 0 Å². The van der Waals surface area contributed by atoms with E-state index in [1.54, 1.807) is 17.1 Å². The van der Waals surface area contributed by atoms with E-state index in [1.165, 1.54) is 4.31 Å². The second-order valence-electron chi connectivity index (χ2n) is 4.18. The molecule has 18 heavy (non-hydrogen) atoms. The summed E-state index contributed by atoms with van der Waals surface area (Å²) >= 11 is 0. The lowest BCUT2D eigenvalue weighted by atomic mass is 10.3. The Morgan fingerprint density at radius 3 is 2.78 bits per heavy atom. The van der Waals surface area contributed by atoms with E-state index in [2.05, 4.69) is 10.3 Å². The van der Waals surface area contributed by atoms with Crippen LogP contribution in [-0.4, -0.2) is 48.5 Å². The SMILES string of the molecule is CCn1cnc(S(=O)(=O)N2CCC(NC)C2)c1.Cl. The molecule has 0 radical (unpaired) electrons. The fourth-order valence-electron chi connectivity index (χ4n) is 1.96. The van der Waals surface area contributed by atoms with E-state index in [0.717, 1.165) is 13.0 Å². The second kappa shape index (κ2) is 6.01. The highest BCUT2D eigenvalue weighted by Gasteiger charge is 2.33. The van der Waals surface area contributed by atoms with Crippen LogP contribution in [0.5, 0.6) is 0 Å². The first kappa shape index (κ1) is 15.4. The van der Waals surface area contributed by atoms with Crippen molar-refractivity contribution in [3.63, 3.8) is 0 Å². The predicted octanol–water partition coefficient (Wildman–Crippen LogP) is 0.307. The zero-order valence-corrected chi connectivity index (χ0v) is 12.2. The number of halogens is 1. The van der Waals surface area contributed by atoms with Gasteiger partial charge in [-0.2, -0.15) is 4.31 Å². The van der Waals surface area contributed by atoms with Gasteiger partial charge in [-0.25, -0.2) is 13.4 Å². The first-order valence-electron chi connectivity index (χ1n) is 5.77. The van der Waals surface area contributed by atoms with E-state index in [9.17, 15) is 8.42 Å². The summed E-state index contributed by atoms with van der Waals surface area (Å²) < 4.78 is 27.8. The van der Waals surface area contributed by atoms with Crippen molar-refractivity contribution in [1.82, 2.24) is 19.2 Å². The number of likely N-dealkylation sites (N-methyl/N-ethyl adjacent to an activating group) is 1. The predicted molar refractivity (Wildman–Crippen MR) is 71.4 cm³/mol. The minimum atomic E-state index is -3.41. The Bertz CT molecular complexity index is 488. The van der Waals surface area contributed by atoms with Crippen LogP contribution in [0.4, 0.5) is 0 Å². The van der Waals surface area contributed by atoms with Crippen LogP contribution in [0.3, 0.4) is 0 Å². The molecule has 0 aliphatic carbocycles. The summed E-state index contributed by atoms with van der Waals surface area (Å²) in [6.07, 6.45) is 3.99. The molecule has 1 fully saturated rings. The van der Waals surface area contributed by atoms with Gasteiger partial charge < -0.3 is 9.88 Å². The average molecular weight is 295 g/mol. The molecule has 1 aromatic heterocycles. The van der Waals surface area contributed by atoms with Crippen LogP contribution in [0.2, 0.25) is 0 Å². The molecule has 1 unspecified atom stereocenters. The van der Waals surface area contributed by atoms with Crippen molar-refractivity contribution in [2.45, 2.75) is 31.0 Å². The highest BCUT2D eigenvalue weighted by molar-refractivity contribution is 7.89. The fourth-order valence-corrected chi connectivity index (χ4v) is 3.40. The van der Waals surface area contributed by atoms with Crippen LogP contribution in [0, 0.1) is 0 Å². The monoisotopic (exact) mass is 294 g/mol. The van der Waals surface area contributed by atoms with Crippen molar-refractivity contribution in [3.05, 3.63) is 12.5 Å². The maximum Gasteiger partial charge on any atom is 0.262 e. The normalized spacial score (nSPS) is 20.9. The average Bonchev–Trinajstić information content (AvgIpc) is 2.98. The van der Waals surface area contributed by atoms with Crippen molar-refractivity contribution in [3.8, 4) is 0 Å². The summed E-state index contributed by atoms with van der Waals surface area (Å²) in [4.78, 5) is 3.97. The molecule has 104 valence electrons. The van der Waals surface area contributed by atoms with Crippen LogP contribution >= 0.6 is 12.4 Å². The number of imidazole rings is 1. The third kappa shape index (κ3) is 2.85. The fraction of sp³-hybridized carbons (Fsp3) is 0.700.